The van der Waals surface area contributed by atoms with Crippen molar-refractivity contribution in [3.63, 3.8) is 0 Å². The van der Waals surface area contributed by atoms with E-state index in [2.05, 4.69) is 27.3 Å². The number of rotatable bonds is 33. The number of hydrogen-bond donors (Lipinski definition) is 5. The van der Waals surface area contributed by atoms with Gasteiger partial charge in [-0.2, -0.15) is 0 Å². The Balaban J connectivity index is 1.19. The molecule has 72 heavy (non-hydrogen) atoms. The molecule has 6 N–H and O–H groups in total. The zero-order chi connectivity index (χ0) is 51.7. The number of allylic oxidation sites excluding steroid dienone is 4. The summed E-state index contributed by atoms with van der Waals surface area (Å²) in [5.74, 6) is -2.84. The molecule has 0 heterocycles. The molecule has 0 spiro atoms. The molecule has 5 rings (SSSR count). The summed E-state index contributed by atoms with van der Waals surface area (Å²) in [4.78, 5) is 92.9. The van der Waals surface area contributed by atoms with Gasteiger partial charge >= 0.3 is 17.9 Å². The van der Waals surface area contributed by atoms with Crippen LogP contribution < -0.4 is 27.0 Å². The topological polar surface area (TPSA) is 231 Å². The standard InChI is InChI=1S/C56H79N5O11/c1-56(2,3)72-53(66)44(57)28-32-50(63)58-34-36-69-35-11-10-24-45(42-20-13-21-42)59-46(52(65)61-47(25-12-19-39-26-27-39)54(67)70-37-40-15-6-4-7-16-40)30-33-51(64)60-48(29-31-49(62)43-22-14-23-43)55(68)71-38-41-17-8-5-9-18-41/h4-9,15-19,43-44,46-48,59H,10-14,20-38,57H2,1-3H3,(H,58,63)(H,60,64)(H,61,65). The number of ketones is 1. The molecule has 0 aliphatic heterocycles. The van der Waals surface area contributed by atoms with Crippen LogP contribution in [0.2, 0.25) is 0 Å². The quantitative estimate of drug-likeness (QED) is 0.0210. The summed E-state index contributed by atoms with van der Waals surface area (Å²) in [5.41, 5.74) is 10.3. The summed E-state index contributed by atoms with van der Waals surface area (Å²) < 4.78 is 22.5. The summed E-state index contributed by atoms with van der Waals surface area (Å²) in [7, 11) is 0. The van der Waals surface area contributed by atoms with Gasteiger partial charge in [-0.05, 0) is 128 Å². The fourth-order valence-electron chi connectivity index (χ4n) is 8.15. The number of carbonyl (C=O) groups is 7. The molecular weight excluding hydrogens is 919 g/mol. The van der Waals surface area contributed by atoms with Gasteiger partial charge in [0.2, 0.25) is 17.7 Å². The zero-order valence-electron chi connectivity index (χ0n) is 42.8. The molecule has 0 saturated heterocycles. The van der Waals surface area contributed by atoms with Crippen molar-refractivity contribution in [2.24, 2.45) is 11.7 Å². The van der Waals surface area contributed by atoms with E-state index in [0.29, 0.717) is 45.4 Å². The minimum Gasteiger partial charge on any atom is -0.459 e. The minimum atomic E-state index is -1.06. The molecule has 3 aliphatic rings. The average molecular weight is 998 g/mol. The molecule has 0 radical (unpaired) electrons. The first-order valence-corrected chi connectivity index (χ1v) is 26.1. The van der Waals surface area contributed by atoms with Crippen molar-refractivity contribution in [2.75, 3.05) is 19.8 Å². The van der Waals surface area contributed by atoms with E-state index in [9.17, 15) is 33.6 Å². The van der Waals surface area contributed by atoms with Gasteiger partial charge in [0.05, 0.1) is 6.61 Å². The Bertz CT molecular complexity index is 2140. The third-order valence-electron chi connectivity index (χ3n) is 13.0. The second-order valence-electron chi connectivity index (χ2n) is 20.2. The van der Waals surface area contributed by atoms with Crippen LogP contribution in [-0.4, -0.2) is 90.9 Å². The van der Waals surface area contributed by atoms with Crippen molar-refractivity contribution in [1.29, 1.82) is 0 Å². The molecule has 16 nitrogen and oxygen atoms in total. The van der Waals surface area contributed by atoms with Gasteiger partial charge in [-0.1, -0.05) is 84.3 Å². The molecule has 4 unspecified atom stereocenters. The largest absolute Gasteiger partial charge is 0.459 e. The van der Waals surface area contributed by atoms with Gasteiger partial charge in [-0.25, -0.2) is 9.59 Å². The molecule has 0 bridgehead atoms. The lowest BCUT2D eigenvalue weighted by atomic mass is 9.80. The zero-order valence-corrected chi connectivity index (χ0v) is 42.8. The van der Waals surface area contributed by atoms with Crippen molar-refractivity contribution in [3.8, 4) is 0 Å². The molecule has 16 heteroatoms. The predicted molar refractivity (Wildman–Crippen MR) is 272 cm³/mol. The van der Waals surface area contributed by atoms with Crippen molar-refractivity contribution in [3.05, 3.63) is 94.7 Å². The summed E-state index contributed by atoms with van der Waals surface area (Å²) in [6.45, 7) is 6.38. The fraction of sp³-hybridized carbons (Fsp3) is 0.589. The smallest absolute Gasteiger partial charge is 0.328 e. The van der Waals surface area contributed by atoms with E-state index in [-0.39, 0.29) is 69.3 Å². The van der Waals surface area contributed by atoms with Gasteiger partial charge in [0.25, 0.3) is 0 Å². The normalized spacial score (nSPS) is 15.8. The number of Topliss-reactive ketones (excluding diaryl/α,β-unsaturated/α-hetero) is 1. The van der Waals surface area contributed by atoms with E-state index in [0.717, 1.165) is 74.6 Å². The number of nitrogens with one attached hydrogen (secondary N) is 4. The Morgan fingerprint density at radius 3 is 1.83 bits per heavy atom. The third kappa shape index (κ3) is 21.9. The van der Waals surface area contributed by atoms with Crippen LogP contribution in [0, 0.1) is 5.92 Å². The van der Waals surface area contributed by atoms with Crippen molar-refractivity contribution in [1.82, 2.24) is 21.3 Å². The lowest BCUT2D eigenvalue weighted by Crippen LogP contribution is -2.51. The first-order valence-electron chi connectivity index (χ1n) is 26.1. The highest BCUT2D eigenvalue weighted by Gasteiger charge is 2.32. The van der Waals surface area contributed by atoms with E-state index >= 15 is 0 Å². The Kier molecular flexibility index (Phi) is 23.9. The number of carbonyl (C=O) groups excluding carboxylic acids is 7. The lowest BCUT2D eigenvalue weighted by molar-refractivity contribution is -0.156. The van der Waals surface area contributed by atoms with E-state index in [1.807, 2.05) is 60.7 Å². The molecule has 3 aliphatic carbocycles. The van der Waals surface area contributed by atoms with Crippen molar-refractivity contribution >= 4 is 41.4 Å². The summed E-state index contributed by atoms with van der Waals surface area (Å²) >= 11 is 0. The number of benzene rings is 2. The van der Waals surface area contributed by atoms with Gasteiger partial charge in [0, 0.05) is 44.0 Å². The fourth-order valence-corrected chi connectivity index (χ4v) is 8.15. The molecule has 4 atom stereocenters. The third-order valence-corrected chi connectivity index (χ3v) is 13.0. The minimum absolute atomic E-state index is 0.0124. The van der Waals surface area contributed by atoms with Crippen LogP contribution in [0.25, 0.3) is 0 Å². The van der Waals surface area contributed by atoms with E-state index < -0.39 is 59.5 Å². The SMILES string of the molecule is CC(C)(C)OC(=O)C(N)CCC(=O)NCCOCCCCC(NC(CCC(=O)NC(CCC(=O)C1CCC1)C(=O)OCc1ccccc1)C(=O)NC(CCC=C1CC1)C(=O)OCc1ccccc1)=C1CCC1. The molecule has 3 fully saturated rings. The number of nitrogens with two attached hydrogens (primary N) is 1. The second kappa shape index (κ2) is 30.2. The van der Waals surface area contributed by atoms with Crippen LogP contribution in [-0.2, 0) is 65.7 Å². The Morgan fingerprint density at radius 2 is 1.26 bits per heavy atom. The van der Waals surface area contributed by atoms with Crippen LogP contribution in [0.3, 0.4) is 0 Å². The maximum atomic E-state index is 14.5. The summed E-state index contributed by atoms with van der Waals surface area (Å²) in [6.07, 6.45) is 12.9. The van der Waals surface area contributed by atoms with Gasteiger partial charge in [0.1, 0.15) is 48.8 Å². The number of amides is 3. The summed E-state index contributed by atoms with van der Waals surface area (Å²) in [5, 5.41) is 12.1. The average Bonchev–Trinajstić information content (AvgIpc) is 4.15. The number of unbranched alkanes of at least 4 members (excludes halogenated alkanes) is 1. The van der Waals surface area contributed by atoms with Crippen LogP contribution >= 0.6 is 0 Å². The Hall–Kier alpha value is -5.87. The van der Waals surface area contributed by atoms with Gasteiger partial charge < -0.3 is 45.9 Å². The highest BCUT2D eigenvalue weighted by molar-refractivity contribution is 5.89. The highest BCUT2D eigenvalue weighted by Crippen LogP contribution is 2.31. The molecule has 3 saturated carbocycles. The Labute approximate surface area is 425 Å². The molecule has 0 aromatic heterocycles. The van der Waals surface area contributed by atoms with Crippen molar-refractivity contribution in [2.45, 2.75) is 186 Å². The first-order chi connectivity index (χ1) is 34.6. The van der Waals surface area contributed by atoms with Crippen LogP contribution in [0.5, 0.6) is 0 Å². The van der Waals surface area contributed by atoms with E-state index in [1.54, 1.807) is 20.8 Å². The van der Waals surface area contributed by atoms with Crippen LogP contribution in [0.15, 0.2) is 83.6 Å². The molecular formula is C56H79N5O11. The lowest BCUT2D eigenvalue weighted by Gasteiger charge is -2.29. The van der Waals surface area contributed by atoms with Crippen molar-refractivity contribution < 1.29 is 52.5 Å². The molecule has 2 aromatic rings. The van der Waals surface area contributed by atoms with Crippen LogP contribution in [0.4, 0.5) is 0 Å². The maximum Gasteiger partial charge on any atom is 0.328 e. The molecule has 2 aromatic carbocycles. The predicted octanol–water partition coefficient (Wildman–Crippen LogP) is 7.02. The second-order valence-corrected chi connectivity index (χ2v) is 20.2. The molecule has 3 amide bonds. The van der Waals surface area contributed by atoms with Gasteiger partial charge in [-0.15, -0.1) is 0 Å². The summed E-state index contributed by atoms with van der Waals surface area (Å²) in [6, 6.07) is 14.7. The maximum absolute atomic E-state index is 14.5. The monoisotopic (exact) mass is 998 g/mol. The Morgan fingerprint density at radius 1 is 0.653 bits per heavy atom. The van der Waals surface area contributed by atoms with Gasteiger partial charge in [0.15, 0.2) is 0 Å². The number of ether oxygens (including phenoxy) is 4. The van der Waals surface area contributed by atoms with E-state index in [1.165, 1.54) is 11.1 Å². The van der Waals surface area contributed by atoms with Gasteiger partial charge in [-0.3, -0.25) is 24.0 Å². The van der Waals surface area contributed by atoms with Crippen LogP contribution in [0.1, 0.15) is 154 Å². The number of hydrogen-bond acceptors (Lipinski definition) is 13. The first kappa shape index (κ1) is 57.0. The number of esters is 3. The molecule has 394 valence electrons. The highest BCUT2D eigenvalue weighted by atomic mass is 16.6. The van der Waals surface area contributed by atoms with E-state index in [4.69, 9.17) is 24.7 Å².